The maximum atomic E-state index is 10.1. The Bertz CT molecular complexity index is 292. The summed E-state index contributed by atoms with van der Waals surface area (Å²) in [6, 6.07) is 0. The minimum Gasteiger partial charge on any atom is -0.549 e. The van der Waals surface area contributed by atoms with Gasteiger partial charge >= 0.3 is 0 Å². The fraction of sp³-hybridized carbons (Fsp3) is 0.952. The van der Waals surface area contributed by atoms with E-state index in [-0.39, 0.29) is 0 Å². The Morgan fingerprint density at radius 3 is 1.15 bits per heavy atom. The van der Waals surface area contributed by atoms with Gasteiger partial charge in [-0.05, 0) is 32.6 Å². The molecule has 0 aliphatic rings. The Hall–Kier alpha value is -0.650. The number of carbonyl (C=O) groups excluding carboxylic acids is 1. The van der Waals surface area contributed by atoms with Crippen molar-refractivity contribution in [1.29, 1.82) is 0 Å². The summed E-state index contributed by atoms with van der Waals surface area (Å²) in [6.45, 7) is 15.0. The van der Waals surface area contributed by atoms with Crippen LogP contribution in [-0.2, 0) is 4.79 Å². The highest BCUT2D eigenvalue weighted by molar-refractivity contribution is 5.72. The molecule has 0 bridgehead atoms. The van der Waals surface area contributed by atoms with Crippen LogP contribution in [0.3, 0.4) is 0 Å². The second-order valence-electron chi connectivity index (χ2n) is 7.81. The number of aliphatic hydroxyl groups is 2. The fourth-order valence-corrected chi connectivity index (χ4v) is 2.82. The van der Waals surface area contributed by atoms with Crippen molar-refractivity contribution in [2.24, 2.45) is 5.41 Å². The first-order chi connectivity index (χ1) is 12.3. The lowest BCUT2D eigenvalue weighted by molar-refractivity contribution is -0.929. The number of nitrogens with zero attached hydrogens (tertiary/aromatic N) is 1. The lowest BCUT2D eigenvalue weighted by Gasteiger charge is -2.39. The molecule has 26 heavy (non-hydrogen) atoms. The molecule has 158 valence electrons. The number of aliphatic carboxylic acids is 1. The maximum absolute atomic E-state index is 10.1. The number of hydrogen-bond acceptors (Lipinski definition) is 4. The van der Waals surface area contributed by atoms with E-state index in [1.54, 1.807) is 0 Å². The predicted octanol–water partition coefficient (Wildman–Crippen LogP) is 2.73. The summed E-state index contributed by atoms with van der Waals surface area (Å²) in [6.07, 6.45) is 11.1. The van der Waals surface area contributed by atoms with Gasteiger partial charge in [0.25, 0.3) is 0 Å². The van der Waals surface area contributed by atoms with Crippen molar-refractivity contribution in [1.82, 2.24) is 0 Å². The number of unbranched alkanes of at least 4 members (excludes halogenated alkanes) is 4. The van der Waals surface area contributed by atoms with Gasteiger partial charge in [-0.2, -0.15) is 0 Å². The molecule has 0 fully saturated rings. The molecule has 0 unspecified atom stereocenters. The maximum Gasteiger partial charge on any atom is 0.0786 e. The molecule has 0 atom stereocenters. The van der Waals surface area contributed by atoms with E-state index in [0.717, 1.165) is 0 Å². The molecule has 5 heteroatoms. The van der Waals surface area contributed by atoms with Gasteiger partial charge in [-0.1, -0.05) is 53.4 Å². The van der Waals surface area contributed by atoms with Crippen LogP contribution >= 0.6 is 0 Å². The number of aliphatic hydroxyl groups excluding tert-OH is 2. The van der Waals surface area contributed by atoms with Crippen molar-refractivity contribution in [3.8, 4) is 0 Å². The minimum absolute atomic E-state index is 0.605. The van der Waals surface area contributed by atoms with E-state index in [2.05, 4.69) is 27.7 Å². The van der Waals surface area contributed by atoms with Crippen molar-refractivity contribution in [3.63, 3.8) is 0 Å². The van der Waals surface area contributed by atoms with Gasteiger partial charge < -0.3 is 24.6 Å². The molecular formula is C21H45NO4. The highest BCUT2D eigenvalue weighted by atomic mass is 16.4. The number of carboxylic acids is 1. The lowest BCUT2D eigenvalue weighted by Crippen LogP contribution is -2.50. The standard InChI is InChI=1S/C16H36N.C5H10O4/c1-5-9-13-17(14-10-6-2,15-11-7-3)16-12-8-4;1-5(2-6,3-7)4(8)9/h5-16H2,1-4H3;6-7H,2-3H2,1H3,(H,8,9)/q+1;/p-1. The summed E-state index contributed by atoms with van der Waals surface area (Å²) >= 11 is 0. The lowest BCUT2D eigenvalue weighted by atomic mass is 9.94. The number of carboxylic acid groups (broad SMARTS) is 1. The number of quaternary nitrogens is 1. The van der Waals surface area contributed by atoms with Crippen molar-refractivity contribution < 1.29 is 24.6 Å². The summed E-state index contributed by atoms with van der Waals surface area (Å²) in [7, 11) is 0. The van der Waals surface area contributed by atoms with Crippen LogP contribution in [0.25, 0.3) is 0 Å². The van der Waals surface area contributed by atoms with Gasteiger partial charge in [0.1, 0.15) is 0 Å². The van der Waals surface area contributed by atoms with Crippen LogP contribution in [0.1, 0.15) is 86.0 Å². The molecule has 0 amide bonds. The van der Waals surface area contributed by atoms with E-state index in [1.165, 1.54) is 89.0 Å². The second-order valence-corrected chi connectivity index (χ2v) is 7.81. The first-order valence-electron chi connectivity index (χ1n) is 10.6. The number of carbonyl (C=O) groups is 1. The van der Waals surface area contributed by atoms with Gasteiger partial charge in [0, 0.05) is 0 Å². The monoisotopic (exact) mass is 375 g/mol. The second kappa shape index (κ2) is 16.5. The Morgan fingerprint density at radius 2 is 1.04 bits per heavy atom. The zero-order chi connectivity index (χ0) is 20.5. The largest absolute Gasteiger partial charge is 0.549 e. The van der Waals surface area contributed by atoms with Crippen LogP contribution in [0.4, 0.5) is 0 Å². The molecule has 0 aromatic rings. The zero-order valence-corrected chi connectivity index (χ0v) is 18.1. The van der Waals surface area contributed by atoms with Crippen LogP contribution in [0.2, 0.25) is 0 Å². The molecule has 0 spiro atoms. The van der Waals surface area contributed by atoms with E-state index < -0.39 is 24.6 Å². The first kappa shape index (κ1) is 27.6. The summed E-state index contributed by atoms with van der Waals surface area (Å²) in [5.41, 5.74) is -1.50. The van der Waals surface area contributed by atoms with E-state index >= 15 is 0 Å². The van der Waals surface area contributed by atoms with Gasteiger partial charge in [-0.15, -0.1) is 0 Å². The Kier molecular flexibility index (Phi) is 17.5. The Labute approximate surface area is 162 Å². The Balaban J connectivity index is 0. The van der Waals surface area contributed by atoms with E-state index in [1.807, 2.05) is 0 Å². The van der Waals surface area contributed by atoms with Crippen LogP contribution < -0.4 is 5.11 Å². The average Bonchev–Trinajstić information content (AvgIpc) is 2.66. The third-order valence-electron chi connectivity index (χ3n) is 5.13. The van der Waals surface area contributed by atoms with Gasteiger partial charge in [0.15, 0.2) is 0 Å². The highest BCUT2D eigenvalue weighted by Gasteiger charge is 2.25. The Morgan fingerprint density at radius 1 is 0.769 bits per heavy atom. The molecule has 0 aromatic heterocycles. The van der Waals surface area contributed by atoms with E-state index in [0.29, 0.717) is 0 Å². The van der Waals surface area contributed by atoms with Gasteiger partial charge in [-0.25, -0.2) is 0 Å². The molecule has 0 heterocycles. The first-order valence-corrected chi connectivity index (χ1v) is 10.6. The molecule has 0 saturated heterocycles. The van der Waals surface area contributed by atoms with Crippen molar-refractivity contribution in [2.75, 3.05) is 39.4 Å². The molecule has 0 aliphatic carbocycles. The minimum atomic E-state index is -1.50. The summed E-state index contributed by atoms with van der Waals surface area (Å²) in [4.78, 5) is 10.1. The van der Waals surface area contributed by atoms with Gasteiger partial charge in [0.2, 0.25) is 0 Å². The fourth-order valence-electron chi connectivity index (χ4n) is 2.82. The molecule has 0 aromatic carbocycles. The van der Waals surface area contributed by atoms with Crippen LogP contribution in [0, 0.1) is 5.41 Å². The molecule has 5 nitrogen and oxygen atoms in total. The zero-order valence-electron chi connectivity index (χ0n) is 18.1. The van der Waals surface area contributed by atoms with Crippen molar-refractivity contribution in [2.45, 2.75) is 86.0 Å². The van der Waals surface area contributed by atoms with E-state index in [4.69, 9.17) is 10.2 Å². The molecule has 0 aliphatic heterocycles. The normalized spacial score (nSPS) is 11.8. The van der Waals surface area contributed by atoms with Crippen LogP contribution in [0.15, 0.2) is 0 Å². The molecule has 0 radical (unpaired) electrons. The SMILES string of the molecule is CC(CO)(CO)C(=O)[O-].CCCC[N+](CCCC)(CCCC)CCCC. The third-order valence-corrected chi connectivity index (χ3v) is 5.13. The van der Waals surface area contributed by atoms with Crippen molar-refractivity contribution >= 4 is 5.97 Å². The average molecular weight is 376 g/mol. The van der Waals surface area contributed by atoms with Crippen LogP contribution in [-0.4, -0.2) is 60.1 Å². The summed E-state index contributed by atoms with van der Waals surface area (Å²) in [5, 5.41) is 26.8. The quantitative estimate of drug-likeness (QED) is 0.431. The van der Waals surface area contributed by atoms with Gasteiger partial charge in [0.05, 0.1) is 50.8 Å². The molecule has 0 rings (SSSR count). The smallest absolute Gasteiger partial charge is 0.0786 e. The van der Waals surface area contributed by atoms with Crippen molar-refractivity contribution in [3.05, 3.63) is 0 Å². The predicted molar refractivity (Wildman–Crippen MR) is 107 cm³/mol. The highest BCUT2D eigenvalue weighted by Crippen LogP contribution is 2.16. The molecular weight excluding hydrogens is 330 g/mol. The molecule has 2 N–H and O–H groups in total. The third kappa shape index (κ3) is 11.9. The topological polar surface area (TPSA) is 80.6 Å². The van der Waals surface area contributed by atoms with Crippen LogP contribution in [0.5, 0.6) is 0 Å². The molecule has 0 saturated carbocycles. The van der Waals surface area contributed by atoms with E-state index in [9.17, 15) is 9.90 Å². The number of rotatable bonds is 15. The summed E-state index contributed by atoms with van der Waals surface area (Å²) in [5.74, 6) is -1.44. The van der Waals surface area contributed by atoms with Gasteiger partial charge in [-0.3, -0.25) is 0 Å². The summed E-state index contributed by atoms with van der Waals surface area (Å²) < 4.78 is 1.42. The number of hydrogen-bond donors (Lipinski definition) is 2.